The molecule has 35 heavy (non-hydrogen) atoms. The van der Waals surface area contributed by atoms with E-state index in [1.807, 2.05) is 0 Å². The number of carbonyl (C=O) groups excluding carboxylic acids is 5. The normalized spacial score (nSPS) is 34.8. The van der Waals surface area contributed by atoms with Gasteiger partial charge in [-0.05, 0) is 6.92 Å². The third-order valence-electron chi connectivity index (χ3n) is 4.91. The number of ether oxygens (including phenoxy) is 8. The molecule has 0 aromatic heterocycles. The van der Waals surface area contributed by atoms with Gasteiger partial charge in [0.05, 0.1) is 12.7 Å². The van der Waals surface area contributed by atoms with Crippen LogP contribution in [0.5, 0.6) is 0 Å². The highest BCUT2D eigenvalue weighted by Crippen LogP contribution is 2.34. The molecule has 14 heteroatoms. The Morgan fingerprint density at radius 1 is 0.657 bits per heavy atom. The summed E-state index contributed by atoms with van der Waals surface area (Å²) < 4.78 is 44.0. The number of carbonyl (C=O) groups is 5. The summed E-state index contributed by atoms with van der Waals surface area (Å²) in [5, 5.41) is -0.867. The molecule has 0 aromatic rings. The molecule has 0 saturated carbocycles. The summed E-state index contributed by atoms with van der Waals surface area (Å²) >= 11 is 3.29. The highest BCUT2D eigenvalue weighted by atomic mass is 79.9. The number of rotatable bonds is 7. The van der Waals surface area contributed by atoms with Gasteiger partial charge in [-0.3, -0.25) is 24.0 Å². The summed E-state index contributed by atoms with van der Waals surface area (Å²) in [7, 11) is 0. The highest BCUT2D eigenvalue weighted by Gasteiger charge is 2.54. The quantitative estimate of drug-likeness (QED) is 0.238. The Kier molecular flexibility index (Phi) is 10.4. The molecule has 9 atom stereocenters. The number of hydrogen-bond donors (Lipinski definition) is 0. The van der Waals surface area contributed by atoms with Crippen LogP contribution in [0.25, 0.3) is 0 Å². The molecule has 13 nitrogen and oxygen atoms in total. The van der Waals surface area contributed by atoms with Crippen LogP contribution in [0.4, 0.5) is 0 Å². The van der Waals surface area contributed by atoms with E-state index in [0.717, 1.165) is 20.8 Å². The van der Waals surface area contributed by atoms with Crippen molar-refractivity contribution in [2.24, 2.45) is 0 Å². The lowest BCUT2D eigenvalue weighted by Gasteiger charge is -2.46. The lowest BCUT2D eigenvalue weighted by molar-refractivity contribution is -0.328. The van der Waals surface area contributed by atoms with Gasteiger partial charge in [-0.1, -0.05) is 15.9 Å². The largest absolute Gasteiger partial charge is 0.456 e. The molecule has 0 radical (unpaired) electrons. The van der Waals surface area contributed by atoms with Crippen LogP contribution in [-0.2, 0) is 61.9 Å². The minimum atomic E-state index is -1.40. The summed E-state index contributed by atoms with van der Waals surface area (Å²) in [6.07, 6.45) is -9.35. The van der Waals surface area contributed by atoms with E-state index in [1.54, 1.807) is 6.92 Å². The maximum Gasteiger partial charge on any atom is 0.303 e. The monoisotopic (exact) mass is 568 g/mol. The van der Waals surface area contributed by atoms with Gasteiger partial charge >= 0.3 is 29.8 Å². The lowest BCUT2D eigenvalue weighted by Crippen LogP contribution is -2.64. The summed E-state index contributed by atoms with van der Waals surface area (Å²) in [6.45, 7) is 7.20. The second-order valence-electron chi connectivity index (χ2n) is 7.94. The first kappa shape index (κ1) is 28.9. The number of hydrogen-bond acceptors (Lipinski definition) is 13. The van der Waals surface area contributed by atoms with E-state index < -0.39 is 83.9 Å². The first-order valence-corrected chi connectivity index (χ1v) is 11.6. The van der Waals surface area contributed by atoms with Crippen LogP contribution in [0.3, 0.4) is 0 Å². The minimum Gasteiger partial charge on any atom is -0.456 e. The van der Waals surface area contributed by atoms with Crippen LogP contribution in [0.15, 0.2) is 0 Å². The number of alkyl halides is 1. The van der Waals surface area contributed by atoms with Gasteiger partial charge in [0.25, 0.3) is 0 Å². The Morgan fingerprint density at radius 2 is 1.11 bits per heavy atom. The van der Waals surface area contributed by atoms with Gasteiger partial charge in [-0.25, -0.2) is 0 Å². The predicted molar refractivity (Wildman–Crippen MR) is 116 cm³/mol. The van der Waals surface area contributed by atoms with Crippen LogP contribution in [0, 0.1) is 0 Å². The third-order valence-corrected chi connectivity index (χ3v) is 5.70. The van der Waals surface area contributed by atoms with Crippen LogP contribution in [0.1, 0.15) is 41.5 Å². The topological polar surface area (TPSA) is 159 Å². The van der Waals surface area contributed by atoms with Crippen LogP contribution in [0.2, 0.25) is 0 Å². The second-order valence-corrected chi connectivity index (χ2v) is 8.84. The SMILES string of the molecule is CC(=O)O[C@@H]1[C@@H](OC(C)=O)[C@H](C)O[C@@H](O[C@@H]2[C@@H](OC(C)=O)[C@@H](OC(C)=O)CO[C@@H]2Br)[C@@H]1OC(C)=O. The molecule has 0 aromatic carbocycles. The van der Waals surface area contributed by atoms with Gasteiger partial charge in [0.15, 0.2) is 36.8 Å². The lowest BCUT2D eigenvalue weighted by atomic mass is 9.98. The Balaban J connectivity index is 2.42. The molecule has 2 saturated heterocycles. The number of esters is 5. The molecular formula is C21H29BrO13. The van der Waals surface area contributed by atoms with Crippen molar-refractivity contribution in [3.63, 3.8) is 0 Å². The molecule has 0 amide bonds. The van der Waals surface area contributed by atoms with E-state index in [2.05, 4.69) is 15.9 Å². The average molecular weight is 569 g/mol. The second kappa shape index (κ2) is 12.6. The van der Waals surface area contributed by atoms with E-state index in [1.165, 1.54) is 13.8 Å². The molecule has 0 bridgehead atoms. The molecule has 0 spiro atoms. The zero-order valence-corrected chi connectivity index (χ0v) is 21.7. The first-order chi connectivity index (χ1) is 16.3. The Bertz CT molecular complexity index is 817. The van der Waals surface area contributed by atoms with Crippen LogP contribution < -0.4 is 0 Å². The van der Waals surface area contributed by atoms with Crippen LogP contribution in [-0.4, -0.2) is 90.5 Å². The maximum absolute atomic E-state index is 11.9. The fourth-order valence-corrected chi connectivity index (χ4v) is 4.34. The molecule has 0 unspecified atom stereocenters. The van der Waals surface area contributed by atoms with Gasteiger partial charge < -0.3 is 37.9 Å². The summed E-state index contributed by atoms with van der Waals surface area (Å²) in [5.41, 5.74) is 0. The Morgan fingerprint density at radius 3 is 1.63 bits per heavy atom. The molecule has 198 valence electrons. The van der Waals surface area contributed by atoms with E-state index >= 15 is 0 Å². The molecule has 2 fully saturated rings. The molecule has 2 aliphatic heterocycles. The zero-order valence-electron chi connectivity index (χ0n) is 20.1. The van der Waals surface area contributed by atoms with Crippen molar-refractivity contribution in [1.29, 1.82) is 0 Å². The van der Waals surface area contributed by atoms with Crippen molar-refractivity contribution < 1.29 is 61.9 Å². The molecule has 0 N–H and O–H groups in total. The molecular weight excluding hydrogens is 540 g/mol. The highest BCUT2D eigenvalue weighted by molar-refractivity contribution is 9.09. The fraction of sp³-hybridized carbons (Fsp3) is 0.762. The van der Waals surface area contributed by atoms with Crippen molar-refractivity contribution >= 4 is 45.8 Å². The number of halogens is 1. The zero-order chi connectivity index (χ0) is 26.4. The van der Waals surface area contributed by atoms with Crippen molar-refractivity contribution in [1.82, 2.24) is 0 Å². The minimum absolute atomic E-state index is 0.104. The fourth-order valence-electron chi connectivity index (χ4n) is 3.76. The predicted octanol–water partition coefficient (Wildman–Crippen LogP) is 0.526. The smallest absolute Gasteiger partial charge is 0.303 e. The Labute approximate surface area is 210 Å². The molecule has 2 heterocycles. The van der Waals surface area contributed by atoms with Crippen molar-refractivity contribution in [2.75, 3.05) is 6.61 Å². The van der Waals surface area contributed by atoms with Crippen molar-refractivity contribution in [2.45, 2.75) is 95.6 Å². The van der Waals surface area contributed by atoms with Gasteiger partial charge in [-0.2, -0.15) is 0 Å². The van der Waals surface area contributed by atoms with Gasteiger partial charge in [0, 0.05) is 34.6 Å². The summed E-state index contributed by atoms with van der Waals surface area (Å²) in [5.74, 6) is -3.48. The average Bonchev–Trinajstić information content (AvgIpc) is 2.70. The maximum atomic E-state index is 11.9. The molecule has 0 aliphatic carbocycles. The first-order valence-electron chi connectivity index (χ1n) is 10.7. The van der Waals surface area contributed by atoms with Crippen molar-refractivity contribution in [3.8, 4) is 0 Å². The summed E-state index contributed by atoms with van der Waals surface area (Å²) in [6, 6.07) is 0. The van der Waals surface area contributed by atoms with Gasteiger partial charge in [-0.15, -0.1) is 0 Å². The third kappa shape index (κ3) is 8.12. The van der Waals surface area contributed by atoms with Crippen molar-refractivity contribution in [3.05, 3.63) is 0 Å². The van der Waals surface area contributed by atoms with Gasteiger partial charge in [0.2, 0.25) is 0 Å². The standard InChI is InChI=1S/C21H29BrO13/c1-8-15(31-10(3)24)17(33-12(5)26)19(34-13(6)27)21(29-8)35-18-16(32-11(4)25)14(30-9(2)23)7-28-20(18)22/h8,14-21H,7H2,1-6H3/t8-,14-,15-,16-,17+,18+,19+,20-,21-/m0/s1. The van der Waals surface area contributed by atoms with Crippen LogP contribution >= 0.6 is 15.9 Å². The van der Waals surface area contributed by atoms with E-state index in [9.17, 15) is 24.0 Å². The molecule has 2 rings (SSSR count). The van der Waals surface area contributed by atoms with E-state index in [4.69, 9.17) is 37.9 Å². The summed E-state index contributed by atoms with van der Waals surface area (Å²) in [4.78, 5) is 58.7. The van der Waals surface area contributed by atoms with E-state index in [-0.39, 0.29) is 6.61 Å². The van der Waals surface area contributed by atoms with Gasteiger partial charge in [0.1, 0.15) is 11.1 Å². The van der Waals surface area contributed by atoms with E-state index in [0.29, 0.717) is 0 Å². The molecule has 2 aliphatic rings. The Hall–Kier alpha value is -2.29.